The molecule has 0 aliphatic carbocycles. The quantitative estimate of drug-likeness (QED) is 0.594. The Bertz CT molecular complexity index is 809. The van der Waals surface area contributed by atoms with Crippen LogP contribution in [0.3, 0.4) is 0 Å². The SMILES string of the molecule is Cc1cc(SCC(=O)OCC(=O)N2CCC[C@@H](C)C2)nc2ccccc12. The minimum Gasteiger partial charge on any atom is -0.455 e. The summed E-state index contributed by atoms with van der Waals surface area (Å²) in [6.07, 6.45) is 2.17. The van der Waals surface area contributed by atoms with Crippen LogP contribution in [-0.2, 0) is 14.3 Å². The summed E-state index contributed by atoms with van der Waals surface area (Å²) >= 11 is 1.33. The van der Waals surface area contributed by atoms with Crippen molar-refractivity contribution < 1.29 is 14.3 Å². The van der Waals surface area contributed by atoms with Gasteiger partial charge >= 0.3 is 5.97 Å². The first-order valence-electron chi connectivity index (χ1n) is 8.95. The smallest absolute Gasteiger partial charge is 0.316 e. The predicted molar refractivity (Wildman–Crippen MR) is 103 cm³/mol. The van der Waals surface area contributed by atoms with Crippen LogP contribution in [0.2, 0.25) is 0 Å². The van der Waals surface area contributed by atoms with E-state index in [1.54, 1.807) is 4.90 Å². The third kappa shape index (κ3) is 4.75. The van der Waals surface area contributed by atoms with E-state index in [9.17, 15) is 9.59 Å². The first kappa shape index (κ1) is 18.7. The number of likely N-dealkylation sites (tertiary alicyclic amines) is 1. The molecule has 5 nitrogen and oxygen atoms in total. The molecule has 0 spiro atoms. The molecule has 1 aliphatic heterocycles. The number of thioether (sulfide) groups is 1. The number of rotatable bonds is 5. The fraction of sp³-hybridized carbons (Fsp3) is 0.450. The number of hydrogen-bond donors (Lipinski definition) is 0. The van der Waals surface area contributed by atoms with Gasteiger partial charge < -0.3 is 9.64 Å². The minimum atomic E-state index is -0.388. The zero-order valence-electron chi connectivity index (χ0n) is 15.2. The summed E-state index contributed by atoms with van der Waals surface area (Å²) in [4.78, 5) is 30.5. The number of esters is 1. The van der Waals surface area contributed by atoms with E-state index in [0.29, 0.717) is 5.92 Å². The van der Waals surface area contributed by atoms with E-state index in [-0.39, 0.29) is 24.2 Å². The van der Waals surface area contributed by atoms with Crippen LogP contribution in [0.5, 0.6) is 0 Å². The summed E-state index contributed by atoms with van der Waals surface area (Å²) in [6, 6.07) is 9.91. The number of aromatic nitrogens is 1. The molecule has 1 amide bonds. The van der Waals surface area contributed by atoms with Crippen LogP contribution < -0.4 is 0 Å². The highest BCUT2D eigenvalue weighted by molar-refractivity contribution is 7.99. The predicted octanol–water partition coefficient (Wildman–Crippen LogP) is 3.44. The highest BCUT2D eigenvalue weighted by atomic mass is 32.2. The lowest BCUT2D eigenvalue weighted by Crippen LogP contribution is -2.41. The zero-order chi connectivity index (χ0) is 18.5. The monoisotopic (exact) mass is 372 g/mol. The molecule has 1 aromatic carbocycles. The van der Waals surface area contributed by atoms with Gasteiger partial charge in [0.1, 0.15) is 0 Å². The normalized spacial score (nSPS) is 17.3. The highest BCUT2D eigenvalue weighted by Gasteiger charge is 2.21. The summed E-state index contributed by atoms with van der Waals surface area (Å²) < 4.78 is 5.15. The number of nitrogens with zero attached hydrogens (tertiary/aromatic N) is 2. The maximum Gasteiger partial charge on any atom is 0.316 e. The second kappa shape index (κ2) is 8.54. The van der Waals surface area contributed by atoms with Crippen LogP contribution in [0.4, 0.5) is 0 Å². The van der Waals surface area contributed by atoms with E-state index in [1.807, 2.05) is 37.3 Å². The Kier molecular flexibility index (Phi) is 6.14. The molecule has 1 aromatic heterocycles. The van der Waals surface area contributed by atoms with Crippen molar-refractivity contribution in [2.24, 2.45) is 5.92 Å². The standard InChI is InChI=1S/C20H24N2O3S/c1-14-6-5-9-22(11-14)19(23)12-25-20(24)13-26-18-10-15(2)16-7-3-4-8-17(16)21-18/h3-4,7-8,10,14H,5-6,9,11-13H2,1-2H3/t14-/m1/s1. The lowest BCUT2D eigenvalue weighted by atomic mass is 10.0. The summed E-state index contributed by atoms with van der Waals surface area (Å²) in [5.41, 5.74) is 2.04. The number of hydrogen-bond acceptors (Lipinski definition) is 5. The second-order valence-corrected chi connectivity index (χ2v) is 7.83. The molecule has 1 atom stereocenters. The first-order valence-corrected chi connectivity index (χ1v) is 9.94. The average molecular weight is 372 g/mol. The van der Waals surface area contributed by atoms with Crippen LogP contribution in [0.25, 0.3) is 10.9 Å². The van der Waals surface area contributed by atoms with Gasteiger partial charge in [-0.1, -0.05) is 36.9 Å². The molecule has 0 radical (unpaired) electrons. The van der Waals surface area contributed by atoms with Gasteiger partial charge in [0, 0.05) is 18.5 Å². The van der Waals surface area contributed by atoms with E-state index >= 15 is 0 Å². The highest BCUT2D eigenvalue weighted by Crippen LogP contribution is 2.23. The molecule has 3 rings (SSSR count). The Morgan fingerprint density at radius 3 is 2.96 bits per heavy atom. The average Bonchev–Trinajstić information content (AvgIpc) is 2.64. The fourth-order valence-corrected chi connectivity index (χ4v) is 3.99. The summed E-state index contributed by atoms with van der Waals surface area (Å²) in [6.45, 7) is 5.52. The van der Waals surface area contributed by atoms with Gasteiger partial charge in [-0.05, 0) is 43.4 Å². The summed E-state index contributed by atoms with van der Waals surface area (Å²) in [5, 5.41) is 1.90. The van der Waals surface area contributed by atoms with Crippen LogP contribution >= 0.6 is 11.8 Å². The molecule has 6 heteroatoms. The Morgan fingerprint density at radius 2 is 2.15 bits per heavy atom. The number of fused-ring (bicyclic) bond motifs is 1. The topological polar surface area (TPSA) is 59.5 Å². The molecule has 1 fully saturated rings. The van der Waals surface area contributed by atoms with Crippen molar-refractivity contribution in [3.63, 3.8) is 0 Å². The third-order valence-electron chi connectivity index (χ3n) is 4.60. The van der Waals surface area contributed by atoms with Crippen molar-refractivity contribution in [1.82, 2.24) is 9.88 Å². The molecule has 0 unspecified atom stereocenters. The van der Waals surface area contributed by atoms with E-state index in [2.05, 4.69) is 11.9 Å². The van der Waals surface area contributed by atoms with Gasteiger partial charge in [0.15, 0.2) is 6.61 Å². The maximum absolute atomic E-state index is 12.1. The largest absolute Gasteiger partial charge is 0.455 e. The number of carbonyl (C=O) groups excluding carboxylic acids is 2. The number of benzene rings is 1. The van der Waals surface area contributed by atoms with Gasteiger partial charge in [0.25, 0.3) is 5.91 Å². The molecular weight excluding hydrogens is 348 g/mol. The third-order valence-corrected chi connectivity index (χ3v) is 5.49. The van der Waals surface area contributed by atoms with Crippen molar-refractivity contribution in [3.05, 3.63) is 35.9 Å². The molecule has 0 N–H and O–H groups in total. The van der Waals surface area contributed by atoms with Gasteiger partial charge in [-0.25, -0.2) is 4.98 Å². The van der Waals surface area contributed by atoms with Crippen LogP contribution in [0.1, 0.15) is 25.3 Å². The van der Waals surface area contributed by atoms with E-state index < -0.39 is 0 Å². The van der Waals surface area contributed by atoms with Crippen molar-refractivity contribution in [2.75, 3.05) is 25.4 Å². The van der Waals surface area contributed by atoms with Gasteiger partial charge in [-0.15, -0.1) is 0 Å². The number of pyridine rings is 1. The van der Waals surface area contributed by atoms with Crippen LogP contribution in [0, 0.1) is 12.8 Å². The molecular formula is C20H24N2O3S. The molecule has 1 saturated heterocycles. The Labute approximate surface area is 158 Å². The summed E-state index contributed by atoms with van der Waals surface area (Å²) in [5.74, 6) is 0.172. The first-order chi connectivity index (χ1) is 12.5. The number of aryl methyl sites for hydroxylation is 1. The van der Waals surface area contributed by atoms with Crippen molar-refractivity contribution in [2.45, 2.75) is 31.7 Å². The minimum absolute atomic E-state index is 0.102. The fourth-order valence-electron chi connectivity index (χ4n) is 3.22. The molecule has 2 aromatic rings. The Morgan fingerprint density at radius 1 is 1.35 bits per heavy atom. The molecule has 1 aliphatic rings. The van der Waals surface area contributed by atoms with E-state index in [4.69, 9.17) is 4.74 Å². The van der Waals surface area contributed by atoms with Gasteiger partial charge in [0.05, 0.1) is 16.3 Å². The second-order valence-electron chi connectivity index (χ2n) is 6.83. The van der Waals surface area contributed by atoms with Crippen LogP contribution in [-0.4, -0.2) is 47.2 Å². The Hall–Kier alpha value is -2.08. The Balaban J connectivity index is 1.49. The zero-order valence-corrected chi connectivity index (χ0v) is 16.1. The molecule has 26 heavy (non-hydrogen) atoms. The van der Waals surface area contributed by atoms with Crippen molar-refractivity contribution >= 4 is 34.5 Å². The number of piperidine rings is 1. The summed E-state index contributed by atoms with van der Waals surface area (Å²) in [7, 11) is 0. The molecule has 2 heterocycles. The van der Waals surface area contributed by atoms with Crippen LogP contribution in [0.15, 0.2) is 35.4 Å². The number of para-hydroxylation sites is 1. The molecule has 0 saturated carbocycles. The molecule has 138 valence electrons. The number of amides is 1. The van der Waals surface area contributed by atoms with E-state index in [0.717, 1.165) is 47.4 Å². The van der Waals surface area contributed by atoms with Crippen molar-refractivity contribution in [3.8, 4) is 0 Å². The number of carbonyl (C=O) groups is 2. The van der Waals surface area contributed by atoms with E-state index in [1.165, 1.54) is 11.8 Å². The molecule has 0 bridgehead atoms. The van der Waals surface area contributed by atoms with Crippen molar-refractivity contribution in [1.29, 1.82) is 0 Å². The lowest BCUT2D eigenvalue weighted by Gasteiger charge is -2.30. The number of ether oxygens (including phenoxy) is 1. The van der Waals surface area contributed by atoms with Gasteiger partial charge in [-0.3, -0.25) is 9.59 Å². The van der Waals surface area contributed by atoms with Gasteiger partial charge in [-0.2, -0.15) is 0 Å². The van der Waals surface area contributed by atoms with Gasteiger partial charge in [0.2, 0.25) is 0 Å². The lowest BCUT2D eigenvalue weighted by molar-refractivity contribution is -0.150. The maximum atomic E-state index is 12.1.